The Bertz CT molecular complexity index is 382. The van der Waals surface area contributed by atoms with Crippen molar-refractivity contribution in [3.63, 3.8) is 0 Å². The van der Waals surface area contributed by atoms with Crippen LogP contribution in [0.25, 0.3) is 0 Å². The van der Waals surface area contributed by atoms with Gasteiger partial charge in [-0.05, 0) is 32.7 Å². The molecule has 0 bridgehead atoms. The summed E-state index contributed by atoms with van der Waals surface area (Å²) in [5.41, 5.74) is -0.506. The van der Waals surface area contributed by atoms with Crippen LogP contribution in [0.2, 0.25) is 0 Å². The van der Waals surface area contributed by atoms with Gasteiger partial charge in [0, 0.05) is 25.7 Å². The van der Waals surface area contributed by atoms with E-state index in [0.29, 0.717) is 12.6 Å². The predicted octanol–water partition coefficient (Wildman–Crippen LogP) is 1.12. The molecule has 0 radical (unpaired) electrons. The van der Waals surface area contributed by atoms with E-state index in [1.165, 1.54) is 0 Å². The number of carboxylic acid groups (broad SMARTS) is 1. The summed E-state index contributed by atoms with van der Waals surface area (Å²) in [6.45, 7) is 4.43. The third kappa shape index (κ3) is 3.23. The van der Waals surface area contributed by atoms with Crippen LogP contribution in [0.5, 0.6) is 0 Å². The highest BCUT2D eigenvalue weighted by molar-refractivity contribution is 5.77. The molecule has 0 aromatic carbocycles. The molecule has 6 heteroatoms. The lowest BCUT2D eigenvalue weighted by Crippen LogP contribution is -2.61. The molecule has 1 aliphatic carbocycles. The van der Waals surface area contributed by atoms with Crippen LogP contribution in [-0.4, -0.2) is 65.2 Å². The standard InChI is InChI=1S/C14H25N3O3/c1-3-11-10-17(8-7-16(11)2)13(20)15-14(5-4-6-14)9-12(18)19/h11H,3-10H2,1-2H3,(H,15,20)(H,18,19). The number of hydrogen-bond donors (Lipinski definition) is 2. The highest BCUT2D eigenvalue weighted by Gasteiger charge is 2.41. The number of urea groups is 1. The second-order valence-corrected chi connectivity index (χ2v) is 6.12. The third-order valence-corrected chi connectivity index (χ3v) is 4.71. The van der Waals surface area contributed by atoms with E-state index in [2.05, 4.69) is 24.2 Å². The van der Waals surface area contributed by atoms with Crippen LogP contribution in [0.15, 0.2) is 0 Å². The fourth-order valence-corrected chi connectivity index (χ4v) is 3.12. The Labute approximate surface area is 120 Å². The Kier molecular flexibility index (Phi) is 4.52. The molecule has 2 amide bonds. The minimum absolute atomic E-state index is 0.0314. The van der Waals surface area contributed by atoms with Gasteiger partial charge in [-0.3, -0.25) is 9.69 Å². The van der Waals surface area contributed by atoms with Crippen molar-refractivity contribution in [2.24, 2.45) is 0 Å². The van der Waals surface area contributed by atoms with Crippen molar-refractivity contribution in [2.75, 3.05) is 26.7 Å². The molecule has 0 aromatic heterocycles. The lowest BCUT2D eigenvalue weighted by atomic mass is 9.74. The van der Waals surface area contributed by atoms with Crippen LogP contribution in [0.3, 0.4) is 0 Å². The molecule has 2 N–H and O–H groups in total. The quantitative estimate of drug-likeness (QED) is 0.811. The number of carbonyl (C=O) groups excluding carboxylic acids is 1. The molecule has 114 valence electrons. The Morgan fingerprint density at radius 1 is 1.35 bits per heavy atom. The van der Waals surface area contributed by atoms with Crippen molar-refractivity contribution in [1.29, 1.82) is 0 Å². The van der Waals surface area contributed by atoms with Crippen LogP contribution in [0.1, 0.15) is 39.0 Å². The van der Waals surface area contributed by atoms with E-state index in [4.69, 9.17) is 5.11 Å². The average Bonchev–Trinajstić information content (AvgIpc) is 2.36. The SMILES string of the molecule is CCC1CN(C(=O)NC2(CC(=O)O)CCC2)CCN1C. The predicted molar refractivity (Wildman–Crippen MR) is 75.6 cm³/mol. The van der Waals surface area contributed by atoms with E-state index in [-0.39, 0.29) is 12.5 Å². The van der Waals surface area contributed by atoms with Gasteiger partial charge in [-0.15, -0.1) is 0 Å². The molecule has 2 rings (SSSR count). The zero-order valence-corrected chi connectivity index (χ0v) is 12.4. The van der Waals surface area contributed by atoms with Crippen molar-refractivity contribution in [3.8, 4) is 0 Å². The van der Waals surface area contributed by atoms with Crippen LogP contribution < -0.4 is 5.32 Å². The second kappa shape index (κ2) is 5.99. The number of rotatable bonds is 4. The van der Waals surface area contributed by atoms with Gasteiger partial charge in [0.1, 0.15) is 0 Å². The zero-order valence-electron chi connectivity index (χ0n) is 12.4. The van der Waals surface area contributed by atoms with Gasteiger partial charge in [0.2, 0.25) is 0 Å². The number of carboxylic acids is 1. The minimum atomic E-state index is -0.838. The fraction of sp³-hybridized carbons (Fsp3) is 0.857. The lowest BCUT2D eigenvalue weighted by Gasteiger charge is -2.45. The summed E-state index contributed by atoms with van der Waals surface area (Å²) < 4.78 is 0. The van der Waals surface area contributed by atoms with Gasteiger partial charge < -0.3 is 15.3 Å². The molecule has 2 fully saturated rings. The number of carbonyl (C=O) groups is 2. The van der Waals surface area contributed by atoms with Gasteiger partial charge in [0.15, 0.2) is 0 Å². The van der Waals surface area contributed by atoms with Crippen molar-refractivity contribution >= 4 is 12.0 Å². The van der Waals surface area contributed by atoms with Gasteiger partial charge in [-0.1, -0.05) is 6.92 Å². The molecule has 0 aromatic rings. The molecule has 1 heterocycles. The van der Waals surface area contributed by atoms with Crippen LogP contribution >= 0.6 is 0 Å². The van der Waals surface area contributed by atoms with E-state index in [0.717, 1.165) is 38.8 Å². The maximum atomic E-state index is 12.4. The molecular formula is C14H25N3O3. The molecule has 20 heavy (non-hydrogen) atoms. The van der Waals surface area contributed by atoms with Gasteiger partial charge in [-0.25, -0.2) is 4.79 Å². The van der Waals surface area contributed by atoms with E-state index < -0.39 is 11.5 Å². The molecular weight excluding hydrogens is 258 g/mol. The highest BCUT2D eigenvalue weighted by atomic mass is 16.4. The molecule has 1 atom stereocenters. The zero-order chi connectivity index (χ0) is 14.8. The summed E-state index contributed by atoms with van der Waals surface area (Å²) in [5.74, 6) is -0.838. The molecule has 6 nitrogen and oxygen atoms in total. The van der Waals surface area contributed by atoms with Crippen molar-refractivity contribution in [3.05, 3.63) is 0 Å². The molecule has 1 aliphatic heterocycles. The Balaban J connectivity index is 1.92. The average molecular weight is 283 g/mol. The highest BCUT2D eigenvalue weighted by Crippen LogP contribution is 2.35. The summed E-state index contributed by atoms with van der Waals surface area (Å²) >= 11 is 0. The summed E-state index contributed by atoms with van der Waals surface area (Å²) in [7, 11) is 2.08. The number of amides is 2. The lowest BCUT2D eigenvalue weighted by molar-refractivity contribution is -0.139. The Morgan fingerprint density at radius 2 is 2.05 bits per heavy atom. The number of hydrogen-bond acceptors (Lipinski definition) is 3. The topological polar surface area (TPSA) is 72.9 Å². The number of piperazine rings is 1. The Hall–Kier alpha value is -1.30. The number of aliphatic carboxylic acids is 1. The molecule has 1 saturated carbocycles. The monoisotopic (exact) mass is 283 g/mol. The molecule has 0 spiro atoms. The number of nitrogens with zero attached hydrogens (tertiary/aromatic N) is 2. The summed E-state index contributed by atoms with van der Waals surface area (Å²) in [5, 5.41) is 12.0. The maximum Gasteiger partial charge on any atom is 0.317 e. The van der Waals surface area contributed by atoms with E-state index >= 15 is 0 Å². The van der Waals surface area contributed by atoms with E-state index in [1.54, 1.807) is 0 Å². The molecule has 2 aliphatic rings. The Morgan fingerprint density at radius 3 is 2.55 bits per heavy atom. The summed E-state index contributed by atoms with van der Waals surface area (Å²) in [4.78, 5) is 27.4. The van der Waals surface area contributed by atoms with E-state index in [9.17, 15) is 9.59 Å². The van der Waals surface area contributed by atoms with Crippen molar-refractivity contribution in [1.82, 2.24) is 15.1 Å². The van der Waals surface area contributed by atoms with Gasteiger partial charge >= 0.3 is 12.0 Å². The third-order valence-electron chi connectivity index (χ3n) is 4.71. The van der Waals surface area contributed by atoms with Gasteiger partial charge in [0.05, 0.1) is 12.0 Å². The van der Waals surface area contributed by atoms with Crippen LogP contribution in [0, 0.1) is 0 Å². The first kappa shape index (κ1) is 15.1. The molecule has 1 saturated heterocycles. The first-order valence-corrected chi connectivity index (χ1v) is 7.45. The minimum Gasteiger partial charge on any atom is -0.481 e. The maximum absolute atomic E-state index is 12.4. The van der Waals surface area contributed by atoms with E-state index in [1.807, 2.05) is 4.90 Å². The smallest absolute Gasteiger partial charge is 0.317 e. The van der Waals surface area contributed by atoms with Crippen molar-refractivity contribution in [2.45, 2.75) is 50.6 Å². The second-order valence-electron chi connectivity index (χ2n) is 6.12. The normalized spacial score (nSPS) is 25.9. The summed E-state index contributed by atoms with van der Waals surface area (Å²) in [6, 6.07) is 0.295. The van der Waals surface area contributed by atoms with Crippen molar-refractivity contribution < 1.29 is 14.7 Å². The first-order chi connectivity index (χ1) is 9.46. The number of nitrogens with one attached hydrogen (secondary N) is 1. The van der Waals surface area contributed by atoms with Gasteiger partial charge in [-0.2, -0.15) is 0 Å². The van der Waals surface area contributed by atoms with Crippen LogP contribution in [-0.2, 0) is 4.79 Å². The fourth-order valence-electron chi connectivity index (χ4n) is 3.12. The number of likely N-dealkylation sites (N-methyl/N-ethyl adjacent to an activating group) is 1. The molecule has 1 unspecified atom stereocenters. The summed E-state index contributed by atoms with van der Waals surface area (Å²) in [6.07, 6.45) is 3.59. The first-order valence-electron chi connectivity index (χ1n) is 7.45. The van der Waals surface area contributed by atoms with Gasteiger partial charge in [0.25, 0.3) is 0 Å². The largest absolute Gasteiger partial charge is 0.481 e. The van der Waals surface area contributed by atoms with Crippen LogP contribution in [0.4, 0.5) is 4.79 Å².